The first-order valence-electron chi connectivity index (χ1n) is 11.6. The molecule has 0 radical (unpaired) electrons. The molecule has 11 nitrogen and oxygen atoms in total. The second kappa shape index (κ2) is 13.6. The minimum absolute atomic E-state index is 0.00946. The molecule has 0 saturated heterocycles. The van der Waals surface area contributed by atoms with Crippen LogP contribution < -0.4 is 14.4 Å². The number of methoxy groups -OCH3 is 1. The topological polar surface area (TPSA) is 139 Å². The van der Waals surface area contributed by atoms with Crippen LogP contribution in [0, 0.1) is 10.1 Å². The quantitative estimate of drug-likeness (QED) is 0.212. The summed E-state index contributed by atoms with van der Waals surface area (Å²) in [4.78, 5) is 38.4. The molecule has 0 spiro atoms. The first-order chi connectivity index (χ1) is 17.8. The molecule has 208 valence electrons. The Labute approximate surface area is 231 Å². The molecule has 2 aromatic carbocycles. The molecule has 2 rings (SSSR count). The van der Waals surface area contributed by atoms with Gasteiger partial charge in [-0.3, -0.25) is 24.0 Å². The number of non-ortho nitro benzene ring substituents is 1. The number of nitro benzene ring substituents is 1. The van der Waals surface area contributed by atoms with Crippen molar-refractivity contribution in [1.82, 2.24) is 10.2 Å². The van der Waals surface area contributed by atoms with Crippen molar-refractivity contribution >= 4 is 56.4 Å². The number of halogens is 2. The van der Waals surface area contributed by atoms with Crippen molar-refractivity contribution in [3.8, 4) is 5.75 Å². The first kappa shape index (κ1) is 31.1. The molecule has 1 N–H and O–H groups in total. The van der Waals surface area contributed by atoms with Gasteiger partial charge in [0.1, 0.15) is 24.0 Å². The number of ether oxygens (including phenoxy) is 1. The van der Waals surface area contributed by atoms with E-state index >= 15 is 0 Å². The summed E-state index contributed by atoms with van der Waals surface area (Å²) in [5, 5.41) is 14.7. The molecule has 0 aromatic heterocycles. The van der Waals surface area contributed by atoms with Gasteiger partial charge in [0.15, 0.2) is 0 Å². The van der Waals surface area contributed by atoms with Gasteiger partial charge in [-0.2, -0.15) is 0 Å². The van der Waals surface area contributed by atoms with Gasteiger partial charge in [-0.1, -0.05) is 42.6 Å². The molecule has 2 amide bonds. The predicted molar refractivity (Wildman–Crippen MR) is 146 cm³/mol. The van der Waals surface area contributed by atoms with E-state index in [1.165, 1.54) is 25.0 Å². The maximum absolute atomic E-state index is 13.6. The van der Waals surface area contributed by atoms with Crippen molar-refractivity contribution in [2.24, 2.45) is 0 Å². The Bertz CT molecular complexity index is 1290. The number of anilines is 1. The molecule has 1 atom stereocenters. The summed E-state index contributed by atoms with van der Waals surface area (Å²) in [6.45, 7) is 3.08. The van der Waals surface area contributed by atoms with E-state index in [2.05, 4.69) is 5.32 Å². The normalized spacial score (nSPS) is 11.9. The van der Waals surface area contributed by atoms with Gasteiger partial charge in [-0.15, -0.1) is 0 Å². The Morgan fingerprint density at radius 3 is 2.39 bits per heavy atom. The molecule has 2 aromatic rings. The number of nitro groups is 1. The number of sulfonamides is 1. The fourth-order valence-electron chi connectivity index (χ4n) is 3.53. The lowest BCUT2D eigenvalue weighted by molar-refractivity contribution is -0.384. The molecular formula is C24H30Cl2N4O7S. The van der Waals surface area contributed by atoms with Crippen molar-refractivity contribution in [2.45, 2.75) is 39.3 Å². The van der Waals surface area contributed by atoms with E-state index in [0.717, 1.165) is 31.2 Å². The summed E-state index contributed by atoms with van der Waals surface area (Å²) in [7, 11) is -2.86. The van der Waals surface area contributed by atoms with Crippen LogP contribution in [0.5, 0.6) is 5.75 Å². The highest BCUT2D eigenvalue weighted by molar-refractivity contribution is 7.92. The maximum atomic E-state index is 13.6. The highest BCUT2D eigenvalue weighted by Gasteiger charge is 2.32. The zero-order valence-corrected chi connectivity index (χ0v) is 23.8. The molecule has 38 heavy (non-hydrogen) atoms. The van der Waals surface area contributed by atoms with Crippen LogP contribution in [0.3, 0.4) is 0 Å². The minimum Gasteiger partial charge on any atom is -0.495 e. The van der Waals surface area contributed by atoms with Gasteiger partial charge in [0.05, 0.1) is 28.3 Å². The third-order valence-electron chi connectivity index (χ3n) is 5.65. The molecule has 0 aliphatic heterocycles. The van der Waals surface area contributed by atoms with Crippen LogP contribution >= 0.6 is 23.2 Å². The lowest BCUT2D eigenvalue weighted by Crippen LogP contribution is -2.51. The number of amides is 2. The third-order valence-corrected chi connectivity index (χ3v) is 7.52. The molecule has 0 aliphatic carbocycles. The Kier molecular flexibility index (Phi) is 11.2. The molecule has 0 heterocycles. The lowest BCUT2D eigenvalue weighted by Gasteiger charge is -2.31. The van der Waals surface area contributed by atoms with E-state index < -0.39 is 45.0 Å². The van der Waals surface area contributed by atoms with Crippen LogP contribution in [0.1, 0.15) is 32.3 Å². The fraction of sp³-hybridized carbons (Fsp3) is 0.417. The first-order valence-corrected chi connectivity index (χ1v) is 14.2. The molecule has 0 fully saturated rings. The highest BCUT2D eigenvalue weighted by Crippen LogP contribution is 2.34. The summed E-state index contributed by atoms with van der Waals surface area (Å²) in [5.41, 5.74) is -0.0230. The molecule has 0 aliphatic rings. The van der Waals surface area contributed by atoms with Crippen LogP contribution in [0.4, 0.5) is 11.4 Å². The number of hydrogen-bond donors (Lipinski definition) is 1. The van der Waals surface area contributed by atoms with Crippen molar-refractivity contribution in [3.05, 3.63) is 62.1 Å². The monoisotopic (exact) mass is 588 g/mol. The van der Waals surface area contributed by atoms with E-state index in [1.807, 2.05) is 6.92 Å². The van der Waals surface area contributed by atoms with E-state index in [-0.39, 0.29) is 23.0 Å². The number of benzene rings is 2. The average Bonchev–Trinajstić information content (AvgIpc) is 2.86. The van der Waals surface area contributed by atoms with E-state index in [0.29, 0.717) is 21.4 Å². The van der Waals surface area contributed by atoms with E-state index in [9.17, 15) is 28.1 Å². The van der Waals surface area contributed by atoms with Crippen LogP contribution in [0.25, 0.3) is 0 Å². The van der Waals surface area contributed by atoms with Gasteiger partial charge >= 0.3 is 0 Å². The lowest BCUT2D eigenvalue weighted by atomic mass is 10.1. The van der Waals surface area contributed by atoms with Gasteiger partial charge < -0.3 is 15.0 Å². The number of nitrogens with one attached hydrogen (secondary N) is 1. The standard InChI is InChI=1S/C24H30Cl2N4O7S/c1-5-6-11-27-24(32)16(2)28(14-17-7-9-19(25)20(26)12-17)23(31)15-29(38(4,35)36)21-13-18(30(33)34)8-10-22(21)37-3/h7-10,12-13,16H,5-6,11,14-15H2,1-4H3,(H,27,32)/t16-/m1/s1. The maximum Gasteiger partial charge on any atom is 0.271 e. The molecule has 0 bridgehead atoms. The smallest absolute Gasteiger partial charge is 0.271 e. The number of rotatable bonds is 13. The Morgan fingerprint density at radius 1 is 1.16 bits per heavy atom. The number of carbonyl (C=O) groups is 2. The van der Waals surface area contributed by atoms with Crippen molar-refractivity contribution < 1.29 is 27.7 Å². The van der Waals surface area contributed by atoms with Crippen LogP contribution in [0.2, 0.25) is 10.0 Å². The van der Waals surface area contributed by atoms with E-state index in [1.54, 1.807) is 18.2 Å². The molecular weight excluding hydrogens is 559 g/mol. The second-order valence-electron chi connectivity index (χ2n) is 8.47. The summed E-state index contributed by atoms with van der Waals surface area (Å²) in [5.74, 6) is -1.14. The minimum atomic E-state index is -4.13. The summed E-state index contributed by atoms with van der Waals surface area (Å²) in [6, 6.07) is 7.15. The number of unbranched alkanes of at least 4 members (excludes halogenated alkanes) is 1. The van der Waals surface area contributed by atoms with Crippen LogP contribution in [0.15, 0.2) is 36.4 Å². The zero-order valence-electron chi connectivity index (χ0n) is 21.4. The molecule has 0 saturated carbocycles. The fourth-order valence-corrected chi connectivity index (χ4v) is 4.70. The number of nitrogens with zero attached hydrogens (tertiary/aromatic N) is 3. The Balaban J connectivity index is 2.50. The zero-order chi connectivity index (χ0) is 28.6. The van der Waals surface area contributed by atoms with Gasteiger partial charge in [0.2, 0.25) is 21.8 Å². The summed E-state index contributed by atoms with van der Waals surface area (Å²) in [6.07, 6.45) is 2.46. The van der Waals surface area contributed by atoms with Crippen molar-refractivity contribution in [3.63, 3.8) is 0 Å². The number of hydrogen-bond acceptors (Lipinski definition) is 7. The Morgan fingerprint density at radius 2 is 1.84 bits per heavy atom. The van der Waals surface area contributed by atoms with Gasteiger partial charge in [-0.25, -0.2) is 8.42 Å². The number of carbonyl (C=O) groups excluding carboxylic acids is 2. The van der Waals surface area contributed by atoms with E-state index in [4.69, 9.17) is 27.9 Å². The van der Waals surface area contributed by atoms with Gasteiger partial charge in [0, 0.05) is 25.2 Å². The third kappa shape index (κ3) is 8.20. The van der Waals surface area contributed by atoms with Crippen molar-refractivity contribution in [1.29, 1.82) is 0 Å². The second-order valence-corrected chi connectivity index (χ2v) is 11.2. The van der Waals surface area contributed by atoms with Crippen molar-refractivity contribution in [2.75, 3.05) is 30.8 Å². The van der Waals surface area contributed by atoms with Gasteiger partial charge in [-0.05, 0) is 37.1 Å². The SMILES string of the molecule is CCCCNC(=O)[C@@H](C)N(Cc1ccc(Cl)c(Cl)c1)C(=O)CN(c1cc([N+](=O)[O-])ccc1OC)S(C)(=O)=O. The van der Waals surface area contributed by atoms with Crippen LogP contribution in [-0.4, -0.2) is 62.6 Å². The molecule has 14 heteroatoms. The largest absolute Gasteiger partial charge is 0.495 e. The predicted octanol–water partition coefficient (Wildman–Crippen LogP) is 4.01. The molecule has 0 unspecified atom stereocenters. The summed E-state index contributed by atoms with van der Waals surface area (Å²) < 4.78 is 31.5. The average molecular weight is 589 g/mol. The van der Waals surface area contributed by atoms with Crippen LogP contribution in [-0.2, 0) is 26.2 Å². The highest BCUT2D eigenvalue weighted by atomic mass is 35.5. The van der Waals surface area contributed by atoms with Gasteiger partial charge in [0.25, 0.3) is 5.69 Å². The summed E-state index contributed by atoms with van der Waals surface area (Å²) >= 11 is 12.1. The Hall–Kier alpha value is -3.09.